The van der Waals surface area contributed by atoms with E-state index in [4.69, 9.17) is 9.47 Å². The lowest BCUT2D eigenvalue weighted by Gasteiger charge is -2.19. The molecule has 0 aromatic heterocycles. The zero-order valence-electron chi connectivity index (χ0n) is 19.6. The largest absolute Gasteiger partial charge is 0.454 e. The molecule has 34 heavy (non-hydrogen) atoms. The first kappa shape index (κ1) is 22.0. The van der Waals surface area contributed by atoms with Crippen molar-refractivity contribution < 1.29 is 20.5 Å². The van der Waals surface area contributed by atoms with Gasteiger partial charge in [0.2, 0.25) is 12.7 Å². The van der Waals surface area contributed by atoms with Crippen molar-refractivity contribution in [1.29, 1.82) is 0 Å². The fourth-order valence-electron chi connectivity index (χ4n) is 4.58. The van der Waals surface area contributed by atoms with E-state index < -0.39 is 5.41 Å². The second kappa shape index (κ2) is 8.52. The molecule has 6 nitrogen and oxygen atoms in total. The molecular formula is C28H30N2O4. The fourth-order valence-corrected chi connectivity index (χ4v) is 4.58. The molecule has 3 aromatic rings. The maximum absolute atomic E-state index is 13.4. The van der Waals surface area contributed by atoms with Crippen LogP contribution < -0.4 is 20.1 Å². The number of carbonyl (C=O) groups is 2. The molecule has 0 radical (unpaired) electrons. The van der Waals surface area contributed by atoms with Crippen molar-refractivity contribution in [2.24, 2.45) is 0 Å². The summed E-state index contributed by atoms with van der Waals surface area (Å²) in [5, 5.41) is 5.82. The number of rotatable bonds is 6. The Balaban J connectivity index is 0.00000289. The van der Waals surface area contributed by atoms with Gasteiger partial charge >= 0.3 is 0 Å². The number of hydrogen-bond acceptors (Lipinski definition) is 4. The Labute approximate surface area is 200 Å². The molecule has 2 N–H and O–H groups in total. The van der Waals surface area contributed by atoms with Crippen molar-refractivity contribution in [3.63, 3.8) is 0 Å². The number of benzene rings is 3. The van der Waals surface area contributed by atoms with Gasteiger partial charge in [0.25, 0.3) is 5.91 Å². The number of amides is 2. The van der Waals surface area contributed by atoms with Gasteiger partial charge in [-0.25, -0.2) is 0 Å². The third kappa shape index (κ3) is 3.89. The van der Waals surface area contributed by atoms with Crippen LogP contribution >= 0.6 is 0 Å². The lowest BCUT2D eigenvalue weighted by atomic mass is 9.91. The Morgan fingerprint density at radius 1 is 0.971 bits per heavy atom. The van der Waals surface area contributed by atoms with Gasteiger partial charge in [0.05, 0.1) is 5.41 Å². The topological polar surface area (TPSA) is 76.7 Å². The monoisotopic (exact) mass is 458 g/mol. The molecule has 0 saturated heterocycles. The molecule has 0 atom stereocenters. The molecule has 5 rings (SSSR count). The minimum Gasteiger partial charge on any atom is -0.454 e. The van der Waals surface area contributed by atoms with Crippen molar-refractivity contribution in [2.75, 3.05) is 19.2 Å². The van der Waals surface area contributed by atoms with E-state index in [1.165, 1.54) is 0 Å². The number of anilines is 1. The van der Waals surface area contributed by atoms with Gasteiger partial charge in [-0.3, -0.25) is 9.59 Å². The highest BCUT2D eigenvalue weighted by Gasteiger charge is 2.51. The van der Waals surface area contributed by atoms with Crippen LogP contribution in [0.3, 0.4) is 0 Å². The molecule has 6 heteroatoms. The van der Waals surface area contributed by atoms with E-state index in [0.717, 1.165) is 40.8 Å². The van der Waals surface area contributed by atoms with Crippen LogP contribution in [-0.4, -0.2) is 25.7 Å². The molecule has 2 aliphatic rings. The molecule has 176 valence electrons. The maximum Gasteiger partial charge on any atom is 0.251 e. The summed E-state index contributed by atoms with van der Waals surface area (Å²) in [5.41, 5.74) is 4.85. The van der Waals surface area contributed by atoms with Gasteiger partial charge in [-0.05, 0) is 77.4 Å². The van der Waals surface area contributed by atoms with E-state index in [1.807, 2.05) is 48.5 Å². The van der Waals surface area contributed by atoms with Crippen molar-refractivity contribution in [2.45, 2.75) is 38.0 Å². The SMILES string of the molecule is CNC(=O)c1cccc(-c2cc(NC(=O)C3(c4ccc5c(c4)OCO5)CC3)ccc2C(C)C)c1.[HH]. The highest BCUT2D eigenvalue weighted by Crippen LogP contribution is 2.51. The fraction of sp³-hybridized carbons (Fsp3) is 0.286. The first-order chi connectivity index (χ1) is 16.4. The van der Waals surface area contributed by atoms with Crippen molar-refractivity contribution in [3.05, 3.63) is 77.4 Å². The highest BCUT2D eigenvalue weighted by molar-refractivity contribution is 6.02. The van der Waals surface area contributed by atoms with Crippen LogP contribution in [0.25, 0.3) is 11.1 Å². The molecule has 3 aromatic carbocycles. The first-order valence-corrected chi connectivity index (χ1v) is 11.6. The van der Waals surface area contributed by atoms with Crippen LogP contribution in [-0.2, 0) is 10.2 Å². The van der Waals surface area contributed by atoms with Crippen LogP contribution in [0, 0.1) is 0 Å². The molecular weight excluding hydrogens is 428 g/mol. The molecule has 1 aliphatic carbocycles. The third-order valence-electron chi connectivity index (χ3n) is 6.71. The molecule has 1 heterocycles. The van der Waals surface area contributed by atoms with Gasteiger partial charge in [-0.2, -0.15) is 0 Å². The summed E-state index contributed by atoms with van der Waals surface area (Å²) in [5.74, 6) is 1.54. The van der Waals surface area contributed by atoms with Gasteiger partial charge in [0, 0.05) is 19.7 Å². The van der Waals surface area contributed by atoms with Crippen molar-refractivity contribution in [1.82, 2.24) is 5.32 Å². The average Bonchev–Trinajstić information content (AvgIpc) is 3.54. The summed E-state index contributed by atoms with van der Waals surface area (Å²) in [6.07, 6.45) is 1.59. The average molecular weight is 459 g/mol. The van der Waals surface area contributed by atoms with Gasteiger partial charge in [-0.1, -0.05) is 38.1 Å². The molecule has 0 spiro atoms. The number of fused-ring (bicyclic) bond motifs is 1. The maximum atomic E-state index is 13.4. The number of hydrogen-bond donors (Lipinski definition) is 2. The number of carbonyl (C=O) groups excluding carboxylic acids is 2. The minimum absolute atomic E-state index is 0. The predicted octanol–water partition coefficient (Wildman–Crippen LogP) is 5.48. The lowest BCUT2D eigenvalue weighted by molar-refractivity contribution is -0.118. The standard InChI is InChI=1S/C28H28N2O4.H2/c1-17(2)22-9-8-21(15-23(22)18-5-4-6-19(13-18)26(31)29-3)30-27(32)28(11-12-28)20-7-10-24-25(14-20)34-16-33-24;/h4-10,13-15,17H,11-12,16H2,1-3H3,(H,29,31)(H,30,32);1H. The second-order valence-electron chi connectivity index (χ2n) is 9.22. The summed E-state index contributed by atoms with van der Waals surface area (Å²) in [6.45, 7) is 4.49. The number of ether oxygens (including phenoxy) is 2. The summed E-state index contributed by atoms with van der Waals surface area (Å²) < 4.78 is 10.9. The first-order valence-electron chi connectivity index (χ1n) is 11.6. The second-order valence-corrected chi connectivity index (χ2v) is 9.22. The Kier molecular flexibility index (Phi) is 5.52. The van der Waals surface area contributed by atoms with Gasteiger partial charge < -0.3 is 20.1 Å². The van der Waals surface area contributed by atoms with Crippen molar-refractivity contribution in [3.8, 4) is 22.6 Å². The minimum atomic E-state index is -0.545. The Hall–Kier alpha value is -3.80. The van der Waals surface area contributed by atoms with E-state index in [9.17, 15) is 9.59 Å². The molecule has 0 bridgehead atoms. The molecule has 2 amide bonds. The van der Waals surface area contributed by atoms with E-state index in [-0.39, 0.29) is 26.0 Å². The van der Waals surface area contributed by atoms with E-state index in [0.29, 0.717) is 17.1 Å². The predicted molar refractivity (Wildman–Crippen MR) is 134 cm³/mol. The molecule has 1 saturated carbocycles. The third-order valence-corrected chi connectivity index (χ3v) is 6.71. The lowest BCUT2D eigenvalue weighted by Crippen LogP contribution is -2.27. The zero-order valence-corrected chi connectivity index (χ0v) is 19.6. The number of nitrogens with one attached hydrogen (secondary N) is 2. The highest BCUT2D eigenvalue weighted by atomic mass is 16.7. The Bertz CT molecular complexity index is 1280. The summed E-state index contributed by atoms with van der Waals surface area (Å²) in [6, 6.07) is 19.3. The van der Waals surface area contributed by atoms with Crippen LogP contribution in [0.4, 0.5) is 5.69 Å². The quantitative estimate of drug-likeness (QED) is 0.513. The molecule has 1 aliphatic heterocycles. The summed E-state index contributed by atoms with van der Waals surface area (Å²) in [7, 11) is 1.62. The van der Waals surface area contributed by atoms with Crippen LogP contribution in [0.5, 0.6) is 11.5 Å². The molecule has 1 fully saturated rings. The van der Waals surface area contributed by atoms with Crippen LogP contribution in [0.1, 0.15) is 55.5 Å². The zero-order chi connectivity index (χ0) is 23.9. The van der Waals surface area contributed by atoms with Crippen LogP contribution in [0.2, 0.25) is 0 Å². The smallest absolute Gasteiger partial charge is 0.251 e. The van der Waals surface area contributed by atoms with Gasteiger partial charge in [0.1, 0.15) is 0 Å². The summed E-state index contributed by atoms with van der Waals surface area (Å²) >= 11 is 0. The normalized spacial score (nSPS) is 15.2. The van der Waals surface area contributed by atoms with E-state index >= 15 is 0 Å². The van der Waals surface area contributed by atoms with Crippen molar-refractivity contribution >= 4 is 17.5 Å². The molecule has 0 unspecified atom stereocenters. The van der Waals surface area contributed by atoms with Crippen LogP contribution in [0.15, 0.2) is 60.7 Å². The van der Waals surface area contributed by atoms with Gasteiger partial charge in [0.15, 0.2) is 11.5 Å². The Morgan fingerprint density at radius 2 is 1.76 bits per heavy atom. The Morgan fingerprint density at radius 3 is 2.50 bits per heavy atom. The summed E-state index contributed by atoms with van der Waals surface area (Å²) in [4.78, 5) is 25.6. The van der Waals surface area contributed by atoms with Gasteiger partial charge in [-0.15, -0.1) is 0 Å². The van der Waals surface area contributed by atoms with E-state index in [1.54, 1.807) is 13.1 Å². The van der Waals surface area contributed by atoms with E-state index in [2.05, 4.69) is 30.5 Å².